The molecule has 7 rings (SSSR count). The zero-order valence-corrected chi connectivity index (χ0v) is 39.4. The summed E-state index contributed by atoms with van der Waals surface area (Å²) in [4.78, 5) is 76.5. The molecular weight excluding hydrogens is 842 g/mol. The van der Waals surface area contributed by atoms with Gasteiger partial charge in [-0.05, 0) is 91.6 Å². The summed E-state index contributed by atoms with van der Waals surface area (Å²) in [6.07, 6.45) is 2.58. The average Bonchev–Trinajstić information content (AvgIpc) is 3.85. The van der Waals surface area contributed by atoms with Crippen molar-refractivity contribution in [2.75, 3.05) is 40.4 Å². The quantitative estimate of drug-likeness (QED) is 0.140. The number of alkyl halides is 1. The molecule has 2 N–H and O–H groups in total. The summed E-state index contributed by atoms with van der Waals surface area (Å²) in [5, 5.41) is 5.42. The van der Waals surface area contributed by atoms with Crippen molar-refractivity contribution in [3.63, 3.8) is 0 Å². The molecule has 6 bridgehead atoms. The molecule has 14 nitrogen and oxygen atoms in total. The van der Waals surface area contributed by atoms with E-state index in [1.807, 2.05) is 37.3 Å². The second-order valence-electron chi connectivity index (χ2n) is 19.1. The molecule has 4 amide bonds. The maximum atomic E-state index is 15.3. The van der Waals surface area contributed by atoms with Crippen LogP contribution in [0.15, 0.2) is 73.4 Å². The molecule has 2 fully saturated rings. The van der Waals surface area contributed by atoms with Gasteiger partial charge in [-0.2, -0.15) is 0 Å². The van der Waals surface area contributed by atoms with Gasteiger partial charge < -0.3 is 29.2 Å². The van der Waals surface area contributed by atoms with E-state index in [9.17, 15) is 24.0 Å². The Hall–Kier alpha value is -5.93. The zero-order chi connectivity index (χ0) is 47.6. The highest BCUT2D eigenvalue weighted by molar-refractivity contribution is 5.96. The second-order valence-corrected chi connectivity index (χ2v) is 19.1. The number of aromatic nitrogens is 2. The van der Waals surface area contributed by atoms with E-state index in [1.165, 1.54) is 21.9 Å². The van der Waals surface area contributed by atoms with Gasteiger partial charge in [0, 0.05) is 68.3 Å². The van der Waals surface area contributed by atoms with E-state index in [4.69, 9.17) is 14.5 Å². The van der Waals surface area contributed by atoms with Crippen LogP contribution in [-0.4, -0.2) is 119 Å². The number of amides is 4. The molecule has 6 atom stereocenters. The number of fused-ring (bicyclic) bond motifs is 6. The molecule has 0 spiro atoms. The Morgan fingerprint density at radius 1 is 1.09 bits per heavy atom. The summed E-state index contributed by atoms with van der Waals surface area (Å²) in [6.45, 7) is 16.0. The lowest BCUT2D eigenvalue weighted by atomic mass is 9.84. The molecule has 2 saturated heterocycles. The van der Waals surface area contributed by atoms with Crippen LogP contribution in [0.3, 0.4) is 0 Å². The lowest BCUT2D eigenvalue weighted by Crippen LogP contribution is -2.62. The number of nitrogens with one attached hydrogen (secondary N) is 2. The Kier molecular flexibility index (Phi) is 14.5. The minimum atomic E-state index is -1.62. The number of hydrazine groups is 1. The molecule has 0 radical (unpaired) electrons. The highest BCUT2D eigenvalue weighted by atomic mass is 19.1. The number of halogens is 1. The molecule has 4 aromatic rings. The third-order valence-corrected chi connectivity index (χ3v) is 13.3. The van der Waals surface area contributed by atoms with Gasteiger partial charge in [-0.25, -0.2) is 9.82 Å². The van der Waals surface area contributed by atoms with E-state index < -0.39 is 71.1 Å². The van der Waals surface area contributed by atoms with Crippen LogP contribution in [0, 0.1) is 17.3 Å². The number of hydrogen-bond donors (Lipinski definition) is 2. The molecule has 5 heterocycles. The summed E-state index contributed by atoms with van der Waals surface area (Å²) >= 11 is 0. The minimum Gasteiger partial charge on any atom is -0.464 e. The number of ether oxygens (including phenoxy) is 2. The second kappa shape index (κ2) is 19.9. The van der Waals surface area contributed by atoms with Crippen LogP contribution in [-0.2, 0) is 52.8 Å². The third kappa shape index (κ3) is 9.78. The predicted molar refractivity (Wildman–Crippen MR) is 250 cm³/mol. The Morgan fingerprint density at radius 2 is 1.85 bits per heavy atom. The van der Waals surface area contributed by atoms with Gasteiger partial charge in [0.1, 0.15) is 24.3 Å². The highest BCUT2D eigenvalue weighted by Gasteiger charge is 2.44. The van der Waals surface area contributed by atoms with Crippen molar-refractivity contribution in [2.24, 2.45) is 17.3 Å². The molecular formula is C51H64FN7O7. The van der Waals surface area contributed by atoms with Gasteiger partial charge >= 0.3 is 5.97 Å². The molecule has 1 unspecified atom stereocenters. The summed E-state index contributed by atoms with van der Waals surface area (Å²) in [7, 11) is 3.13. The first-order valence-corrected chi connectivity index (χ1v) is 23.1. The molecule has 352 valence electrons. The monoisotopic (exact) mass is 905 g/mol. The molecule has 3 aliphatic heterocycles. The van der Waals surface area contributed by atoms with Crippen LogP contribution >= 0.6 is 0 Å². The summed E-state index contributed by atoms with van der Waals surface area (Å²) < 4.78 is 29.5. The van der Waals surface area contributed by atoms with Gasteiger partial charge in [0.15, 0.2) is 0 Å². The van der Waals surface area contributed by atoms with E-state index in [0.29, 0.717) is 25.8 Å². The van der Waals surface area contributed by atoms with Crippen LogP contribution in [0.4, 0.5) is 4.39 Å². The van der Waals surface area contributed by atoms with Gasteiger partial charge in [0.2, 0.25) is 17.7 Å². The van der Waals surface area contributed by atoms with Crippen LogP contribution in [0.5, 0.6) is 0 Å². The predicted octanol–water partition coefficient (Wildman–Crippen LogP) is 6.21. The number of benzene rings is 2. The van der Waals surface area contributed by atoms with Crippen molar-refractivity contribution in [3.05, 3.63) is 90.3 Å². The lowest BCUT2D eigenvalue weighted by molar-refractivity contribution is -0.155. The number of likely N-dealkylation sites (N-methyl/N-ethyl adjacent to an activating group) is 1. The number of carbonyl (C=O) groups is 5. The zero-order valence-electron chi connectivity index (χ0n) is 39.4. The molecule has 15 heteroatoms. The number of nitrogens with zero attached hydrogens (tertiary/aromatic N) is 5. The van der Waals surface area contributed by atoms with Crippen molar-refractivity contribution >= 4 is 40.5 Å². The van der Waals surface area contributed by atoms with Crippen molar-refractivity contribution in [1.29, 1.82) is 0 Å². The highest BCUT2D eigenvalue weighted by Crippen LogP contribution is 2.42. The lowest BCUT2D eigenvalue weighted by Gasteiger charge is -2.37. The van der Waals surface area contributed by atoms with E-state index in [1.54, 1.807) is 27.2 Å². The van der Waals surface area contributed by atoms with E-state index in [2.05, 4.69) is 66.9 Å². The average molecular weight is 906 g/mol. The van der Waals surface area contributed by atoms with Crippen LogP contribution in [0.25, 0.3) is 33.3 Å². The summed E-state index contributed by atoms with van der Waals surface area (Å²) in [6, 6.07) is 15.3. The standard InChI is InChI=1S/C51H64FN7O7/c1-10-43(60)57-27-38(39(52)28-57)48(62)56(8)45(30(3)4)47(61)54-41-24-32-15-12-16-33(23-32)34-19-20-42-36(25-34)37(46(58(42)11-2)35-17-13-21-53-44(35)31(5)65-9)26-51(6,7)29-66-50(64)40-18-14-22-59(55-40)49(41)63/h10,12-13,15-17,19-21,23,25,30-31,38-41,45,55H,1,11,14,18,22,24,26-29H2,2-9H3,(H,54,61)/t31-,38?,39+,40-,41-,45-/m0/s1. The fraction of sp³-hybridized carbons (Fsp3) is 0.490. The Bertz CT molecular complexity index is 2500. The normalized spacial score (nSPS) is 22.1. The number of pyridine rings is 1. The first-order chi connectivity index (χ1) is 31.5. The largest absolute Gasteiger partial charge is 0.464 e. The maximum Gasteiger partial charge on any atom is 0.324 e. The molecule has 2 aromatic heterocycles. The minimum absolute atomic E-state index is 0.0848. The van der Waals surface area contributed by atoms with Crippen molar-refractivity contribution in [2.45, 2.75) is 104 Å². The first-order valence-electron chi connectivity index (χ1n) is 23.1. The topological polar surface area (TPSA) is 155 Å². The van der Waals surface area contributed by atoms with Crippen LogP contribution in [0.1, 0.15) is 77.3 Å². The number of aryl methyl sites for hydroxylation is 1. The number of esters is 1. The van der Waals surface area contributed by atoms with Gasteiger partial charge in [0.25, 0.3) is 5.91 Å². The molecule has 0 saturated carbocycles. The van der Waals surface area contributed by atoms with Crippen LogP contribution in [0.2, 0.25) is 0 Å². The maximum absolute atomic E-state index is 15.3. The fourth-order valence-corrected chi connectivity index (χ4v) is 9.87. The van der Waals surface area contributed by atoms with Crippen molar-refractivity contribution < 1.29 is 37.8 Å². The number of cyclic esters (lactones) is 1. The van der Waals surface area contributed by atoms with Crippen molar-refractivity contribution in [1.82, 2.24) is 35.1 Å². The number of methoxy groups -OCH3 is 1. The van der Waals surface area contributed by atoms with Gasteiger partial charge in [-0.1, -0.05) is 64.6 Å². The van der Waals surface area contributed by atoms with Gasteiger partial charge in [-0.15, -0.1) is 0 Å². The molecule has 0 aliphatic carbocycles. The molecule has 66 heavy (non-hydrogen) atoms. The third-order valence-electron chi connectivity index (χ3n) is 13.3. The molecule has 3 aliphatic rings. The van der Waals surface area contributed by atoms with Gasteiger partial charge in [-0.3, -0.25) is 34.0 Å². The fourth-order valence-electron chi connectivity index (χ4n) is 9.87. The SMILES string of the molecule is C=CC(=O)N1CC(C(=O)N(C)[C@H](C(=O)N[C@H]2Cc3cccc(c3)-c3ccc4c(c3)c(c(-c3cccnc3[C@H](C)OC)n4CC)CC(C)(C)COC(=O)[C@@H]3CCCN(N3)C2=O)C(C)C)[C@H](F)C1. The first kappa shape index (κ1) is 48.0. The van der Waals surface area contributed by atoms with Crippen LogP contribution < -0.4 is 10.7 Å². The Labute approximate surface area is 386 Å². The van der Waals surface area contributed by atoms with Gasteiger partial charge in [0.05, 0.1) is 36.6 Å². The Morgan fingerprint density at radius 3 is 2.56 bits per heavy atom. The van der Waals surface area contributed by atoms with Crippen molar-refractivity contribution in [3.8, 4) is 22.4 Å². The smallest absolute Gasteiger partial charge is 0.324 e. The molecule has 2 aromatic carbocycles. The number of carbonyl (C=O) groups excluding carboxylic acids is 5. The number of likely N-dealkylation sites (tertiary alicyclic amines) is 1. The number of hydrogen-bond acceptors (Lipinski definition) is 9. The Balaban J connectivity index is 1.29. The van der Waals surface area contributed by atoms with E-state index >= 15 is 4.39 Å². The summed E-state index contributed by atoms with van der Waals surface area (Å²) in [5.74, 6) is -4.23. The summed E-state index contributed by atoms with van der Waals surface area (Å²) in [5.41, 5.74) is 10.2. The van der Waals surface area contributed by atoms with E-state index in [0.717, 1.165) is 56.2 Å². The van der Waals surface area contributed by atoms with E-state index in [-0.39, 0.29) is 38.8 Å². The number of rotatable bonds is 10.